The first-order valence-electron chi connectivity index (χ1n) is 10.6. The Balaban J connectivity index is 1.76. The number of alkyl halides is 3. The van der Waals surface area contributed by atoms with E-state index in [1.165, 1.54) is 27.9 Å². The Labute approximate surface area is 187 Å². The van der Waals surface area contributed by atoms with E-state index >= 15 is 0 Å². The molecular weight excluding hydrogens is 435 g/mol. The van der Waals surface area contributed by atoms with E-state index in [2.05, 4.69) is 5.10 Å². The molecule has 6 nitrogen and oxygen atoms in total. The number of aromatic nitrogens is 2. The number of hydrogen-bond acceptors (Lipinski definition) is 4. The van der Waals surface area contributed by atoms with E-state index in [1.54, 1.807) is 31.4 Å². The minimum atomic E-state index is -5.00. The van der Waals surface area contributed by atoms with E-state index in [1.807, 2.05) is 0 Å². The predicted octanol–water partition coefficient (Wildman–Crippen LogP) is 3.32. The van der Waals surface area contributed by atoms with Crippen molar-refractivity contribution in [1.29, 1.82) is 0 Å². The summed E-state index contributed by atoms with van der Waals surface area (Å²) in [5, 5.41) is 24.7. The Hall–Kier alpha value is -3.17. The molecule has 9 heteroatoms. The third-order valence-corrected chi connectivity index (χ3v) is 6.62. The monoisotopic (exact) mass is 457 g/mol. The molecule has 2 aliphatic rings. The fraction of sp³-hybridized carbons (Fsp3) is 0.333. The maximum atomic E-state index is 14.4. The van der Waals surface area contributed by atoms with E-state index in [0.29, 0.717) is 30.6 Å². The van der Waals surface area contributed by atoms with Crippen molar-refractivity contribution in [2.24, 2.45) is 13.0 Å². The van der Waals surface area contributed by atoms with Crippen molar-refractivity contribution in [2.45, 2.75) is 18.2 Å². The van der Waals surface area contributed by atoms with E-state index < -0.39 is 17.7 Å². The minimum absolute atomic E-state index is 0.0571. The number of carbonyl (C=O) groups excluding carboxylic acids is 1. The highest BCUT2D eigenvalue weighted by molar-refractivity contribution is 6.01. The van der Waals surface area contributed by atoms with Crippen molar-refractivity contribution in [1.82, 2.24) is 14.7 Å². The maximum Gasteiger partial charge on any atom is 0.425 e. The number of rotatable bonds is 3. The van der Waals surface area contributed by atoms with E-state index in [-0.39, 0.29) is 40.3 Å². The molecule has 1 amide bonds. The highest BCUT2D eigenvalue weighted by atomic mass is 19.4. The highest BCUT2D eigenvalue weighted by Gasteiger charge is 2.61. The number of benzene rings is 2. The van der Waals surface area contributed by atoms with Gasteiger partial charge in [-0.15, -0.1) is 0 Å². The Morgan fingerprint density at radius 2 is 1.97 bits per heavy atom. The van der Waals surface area contributed by atoms with Crippen LogP contribution in [0.5, 0.6) is 0 Å². The van der Waals surface area contributed by atoms with Crippen LogP contribution in [0.15, 0.2) is 48.8 Å². The van der Waals surface area contributed by atoms with Gasteiger partial charge in [-0.25, -0.2) is 0 Å². The average Bonchev–Trinajstić information content (AvgIpc) is 3.50. The Morgan fingerprint density at radius 3 is 2.61 bits per heavy atom. The molecule has 1 saturated heterocycles. The molecule has 0 bridgehead atoms. The second-order valence-electron chi connectivity index (χ2n) is 8.69. The lowest BCUT2D eigenvalue weighted by atomic mass is 9.87. The molecular formula is C24H22F3N3O3. The molecule has 5 rings (SSSR count). The topological polar surface area (TPSA) is 78.6 Å². The number of carbonyl (C=O) groups is 1. The molecule has 1 aliphatic carbocycles. The molecule has 33 heavy (non-hydrogen) atoms. The normalized spacial score (nSPS) is 21.9. The molecule has 0 radical (unpaired) electrons. The summed E-state index contributed by atoms with van der Waals surface area (Å²) < 4.78 is 44.7. The SMILES string of the molecule is Cn1cc(-c2cc(C(=O)N3CCC(CO)C3)cc3c2-c2ccccc2C3(O)C(F)(F)F)cn1. The first-order chi connectivity index (χ1) is 15.6. The molecule has 1 aliphatic heterocycles. The van der Waals surface area contributed by atoms with Crippen molar-refractivity contribution in [3.8, 4) is 22.3 Å². The van der Waals surface area contributed by atoms with Gasteiger partial charge in [0.2, 0.25) is 5.60 Å². The molecule has 0 spiro atoms. The third-order valence-electron chi connectivity index (χ3n) is 6.62. The summed E-state index contributed by atoms with van der Waals surface area (Å²) in [6, 6.07) is 8.63. The van der Waals surface area contributed by atoms with Crippen molar-refractivity contribution < 1.29 is 28.2 Å². The summed E-state index contributed by atoms with van der Waals surface area (Å²) in [5.41, 5.74) is -2.36. The van der Waals surface area contributed by atoms with Gasteiger partial charge >= 0.3 is 6.18 Å². The largest absolute Gasteiger partial charge is 0.425 e. The number of aliphatic hydroxyl groups is 2. The molecule has 1 aromatic heterocycles. The summed E-state index contributed by atoms with van der Waals surface area (Å²) >= 11 is 0. The summed E-state index contributed by atoms with van der Waals surface area (Å²) in [7, 11) is 1.69. The third kappa shape index (κ3) is 3.18. The number of likely N-dealkylation sites (tertiary alicyclic amines) is 1. The van der Waals surface area contributed by atoms with Gasteiger partial charge in [0.15, 0.2) is 0 Å². The second-order valence-corrected chi connectivity index (χ2v) is 8.69. The fourth-order valence-electron chi connectivity index (χ4n) is 4.94. The smallest absolute Gasteiger partial charge is 0.396 e. The van der Waals surface area contributed by atoms with Gasteiger partial charge < -0.3 is 15.1 Å². The standard InChI is InChI=1S/C24H22F3N3O3/c1-29-12-16(10-28-29)18-8-15(22(32)30-7-6-14(11-30)13-31)9-20-21(18)17-4-2-3-5-19(17)23(20,33)24(25,26)27/h2-5,8-10,12,14,31,33H,6-7,11,13H2,1H3. The molecule has 2 aromatic carbocycles. The molecule has 1 fully saturated rings. The van der Waals surface area contributed by atoms with Crippen LogP contribution in [0.2, 0.25) is 0 Å². The average molecular weight is 457 g/mol. The van der Waals surface area contributed by atoms with E-state index in [0.717, 1.165) is 6.07 Å². The van der Waals surface area contributed by atoms with Crippen LogP contribution in [0.1, 0.15) is 27.9 Å². The number of hydrogen-bond donors (Lipinski definition) is 2. The zero-order valence-electron chi connectivity index (χ0n) is 17.8. The van der Waals surface area contributed by atoms with E-state index in [4.69, 9.17) is 0 Å². The minimum Gasteiger partial charge on any atom is -0.396 e. The molecule has 3 aromatic rings. The van der Waals surface area contributed by atoms with Crippen LogP contribution in [-0.4, -0.2) is 56.7 Å². The quantitative estimate of drug-likeness (QED) is 0.633. The van der Waals surface area contributed by atoms with E-state index in [9.17, 15) is 28.2 Å². The number of aliphatic hydroxyl groups excluding tert-OH is 1. The summed E-state index contributed by atoms with van der Waals surface area (Å²) in [6.45, 7) is 0.684. The Kier molecular flexibility index (Phi) is 4.88. The number of nitrogens with zero attached hydrogens (tertiary/aromatic N) is 3. The highest BCUT2D eigenvalue weighted by Crippen LogP contribution is 2.57. The van der Waals surface area contributed by atoms with Gasteiger partial charge in [-0.3, -0.25) is 9.48 Å². The van der Waals surface area contributed by atoms with Crippen LogP contribution in [0.4, 0.5) is 13.2 Å². The van der Waals surface area contributed by atoms with Crippen molar-refractivity contribution >= 4 is 5.91 Å². The second kappa shape index (κ2) is 7.43. The number of halogens is 3. The molecule has 172 valence electrons. The Bertz CT molecular complexity index is 1250. The number of amides is 1. The van der Waals surface area contributed by atoms with Crippen molar-refractivity contribution in [3.63, 3.8) is 0 Å². The van der Waals surface area contributed by atoms with Gasteiger partial charge in [0.1, 0.15) is 0 Å². The van der Waals surface area contributed by atoms with Gasteiger partial charge in [0, 0.05) is 61.1 Å². The molecule has 2 heterocycles. The lowest BCUT2D eigenvalue weighted by molar-refractivity contribution is -0.246. The van der Waals surface area contributed by atoms with Crippen LogP contribution in [0, 0.1) is 5.92 Å². The molecule has 2 atom stereocenters. The van der Waals surface area contributed by atoms with Gasteiger partial charge in [0.25, 0.3) is 5.91 Å². The number of aryl methyl sites for hydroxylation is 1. The zero-order chi connectivity index (χ0) is 23.5. The van der Waals surface area contributed by atoms with Gasteiger partial charge in [-0.05, 0) is 35.2 Å². The van der Waals surface area contributed by atoms with Crippen LogP contribution in [0.3, 0.4) is 0 Å². The van der Waals surface area contributed by atoms with Crippen molar-refractivity contribution in [2.75, 3.05) is 19.7 Å². The lowest BCUT2D eigenvalue weighted by Gasteiger charge is -2.29. The van der Waals surface area contributed by atoms with Gasteiger partial charge in [0.05, 0.1) is 6.20 Å². The molecule has 0 saturated carbocycles. The number of fused-ring (bicyclic) bond motifs is 3. The van der Waals surface area contributed by atoms with Crippen LogP contribution >= 0.6 is 0 Å². The first kappa shape index (κ1) is 21.7. The lowest BCUT2D eigenvalue weighted by Crippen LogP contribution is -2.42. The summed E-state index contributed by atoms with van der Waals surface area (Å²) in [6.07, 6.45) is -1.19. The molecule has 2 unspecified atom stereocenters. The maximum absolute atomic E-state index is 14.4. The predicted molar refractivity (Wildman–Crippen MR) is 114 cm³/mol. The molecule has 2 N–H and O–H groups in total. The van der Waals surface area contributed by atoms with Crippen molar-refractivity contribution in [3.05, 3.63) is 65.5 Å². The zero-order valence-corrected chi connectivity index (χ0v) is 17.8. The van der Waals surface area contributed by atoms with Gasteiger partial charge in [-0.2, -0.15) is 18.3 Å². The van der Waals surface area contributed by atoms with Crippen LogP contribution < -0.4 is 0 Å². The van der Waals surface area contributed by atoms with Crippen LogP contribution in [-0.2, 0) is 12.6 Å². The first-order valence-corrected chi connectivity index (χ1v) is 10.6. The summed E-state index contributed by atoms with van der Waals surface area (Å²) in [4.78, 5) is 14.8. The van der Waals surface area contributed by atoms with Gasteiger partial charge in [-0.1, -0.05) is 24.3 Å². The van der Waals surface area contributed by atoms with Crippen LogP contribution in [0.25, 0.3) is 22.3 Å². The fourth-order valence-corrected chi connectivity index (χ4v) is 4.94. The Morgan fingerprint density at radius 1 is 1.21 bits per heavy atom. The summed E-state index contributed by atoms with van der Waals surface area (Å²) in [5.74, 6) is -0.489.